The van der Waals surface area contributed by atoms with Crippen LogP contribution in [0.4, 0.5) is 10.1 Å². The van der Waals surface area contributed by atoms with E-state index in [1.807, 2.05) is 62.7 Å². The Morgan fingerprint density at radius 3 is 2.67 bits per heavy atom. The van der Waals surface area contributed by atoms with Crippen LogP contribution < -0.4 is 10.1 Å². The minimum absolute atomic E-state index is 0.0345. The number of hydrogen-bond donors (Lipinski definition) is 1. The third-order valence-electron chi connectivity index (χ3n) is 8.03. The number of nitrogens with one attached hydrogen (secondary N) is 1. The Bertz CT molecular complexity index is 1590. The standard InChI is InChI=1S/C33H38FN5O3/c1-21(2)39(22(3)4)33(41)27-15-25(34)7-8-30(27)38-19-28(26-10-12-35-16-31(26)38)24-11-13-37(18-24)17-23-6-9-32(42-5)29(14-23)36-20-40/h6-10,12,14-16,19-22,24H,11,13,17-18H2,1-5H3,(H,36,40). The van der Waals surface area contributed by atoms with E-state index >= 15 is 0 Å². The fraction of sp³-hybridized carbons (Fsp3) is 0.364. The topological polar surface area (TPSA) is 79.7 Å². The summed E-state index contributed by atoms with van der Waals surface area (Å²) in [5.41, 5.74) is 4.76. The van der Waals surface area contributed by atoms with Crippen LogP contribution in [0.15, 0.2) is 61.1 Å². The summed E-state index contributed by atoms with van der Waals surface area (Å²) in [5, 5.41) is 3.79. The van der Waals surface area contributed by atoms with Crippen molar-refractivity contribution in [1.29, 1.82) is 0 Å². The van der Waals surface area contributed by atoms with Crippen molar-refractivity contribution in [1.82, 2.24) is 19.4 Å². The summed E-state index contributed by atoms with van der Waals surface area (Å²) in [5.74, 6) is 0.247. The molecule has 1 fully saturated rings. The van der Waals surface area contributed by atoms with Gasteiger partial charge in [0.05, 0.1) is 35.8 Å². The normalized spacial score (nSPS) is 15.5. The number of likely N-dealkylation sites (tertiary alicyclic amines) is 1. The first-order chi connectivity index (χ1) is 20.2. The Kier molecular flexibility index (Phi) is 8.59. The van der Waals surface area contributed by atoms with Gasteiger partial charge in [-0.3, -0.25) is 19.5 Å². The van der Waals surface area contributed by atoms with Crippen LogP contribution in [0.5, 0.6) is 5.75 Å². The predicted octanol–water partition coefficient (Wildman–Crippen LogP) is 5.99. The Hall–Kier alpha value is -4.24. The molecule has 0 saturated carbocycles. The molecule has 9 heteroatoms. The van der Waals surface area contributed by atoms with Gasteiger partial charge in [0.1, 0.15) is 11.6 Å². The van der Waals surface area contributed by atoms with Gasteiger partial charge in [-0.25, -0.2) is 4.39 Å². The molecule has 0 bridgehead atoms. The number of anilines is 1. The second kappa shape index (κ2) is 12.3. The molecule has 2 aromatic carbocycles. The molecule has 0 radical (unpaired) electrons. The Balaban J connectivity index is 1.47. The summed E-state index contributed by atoms with van der Waals surface area (Å²) in [6.07, 6.45) is 7.32. The highest BCUT2D eigenvalue weighted by atomic mass is 19.1. The lowest BCUT2D eigenvalue weighted by atomic mass is 9.98. The van der Waals surface area contributed by atoms with Crippen LogP contribution in [0, 0.1) is 5.82 Å². The van der Waals surface area contributed by atoms with E-state index in [2.05, 4.69) is 21.4 Å². The number of aromatic nitrogens is 2. The Labute approximate surface area is 246 Å². The summed E-state index contributed by atoms with van der Waals surface area (Å²) in [6, 6.07) is 12.2. The van der Waals surface area contributed by atoms with Crippen molar-refractivity contribution in [2.75, 3.05) is 25.5 Å². The molecule has 1 aliphatic heterocycles. The van der Waals surface area contributed by atoms with E-state index in [4.69, 9.17) is 4.74 Å². The molecule has 2 amide bonds. The van der Waals surface area contributed by atoms with Crippen molar-refractivity contribution < 1.29 is 18.7 Å². The second-order valence-corrected chi connectivity index (χ2v) is 11.4. The van der Waals surface area contributed by atoms with Gasteiger partial charge in [0.2, 0.25) is 6.41 Å². The van der Waals surface area contributed by atoms with E-state index in [1.54, 1.807) is 24.3 Å². The average Bonchev–Trinajstić information content (AvgIpc) is 3.58. The highest BCUT2D eigenvalue weighted by molar-refractivity contribution is 5.99. The van der Waals surface area contributed by atoms with Crippen molar-refractivity contribution in [3.63, 3.8) is 0 Å². The van der Waals surface area contributed by atoms with E-state index in [9.17, 15) is 14.0 Å². The molecule has 5 rings (SSSR count). The summed E-state index contributed by atoms with van der Waals surface area (Å²) in [6.45, 7) is 10.4. The SMILES string of the molecule is COc1ccc(CN2CCC(c3cn(-c4ccc(F)cc4C(=O)N(C(C)C)C(C)C)c4cnccc34)C2)cc1NC=O. The summed E-state index contributed by atoms with van der Waals surface area (Å²) in [4.78, 5) is 33.4. The van der Waals surface area contributed by atoms with Crippen LogP contribution in [0.1, 0.15) is 61.5 Å². The average molecular weight is 572 g/mol. The molecule has 3 heterocycles. The van der Waals surface area contributed by atoms with Crippen LogP contribution in [0.3, 0.4) is 0 Å². The van der Waals surface area contributed by atoms with Crippen LogP contribution in [0.2, 0.25) is 0 Å². The lowest BCUT2D eigenvalue weighted by molar-refractivity contribution is -0.105. The van der Waals surface area contributed by atoms with Crippen molar-refractivity contribution in [2.45, 2.75) is 58.7 Å². The van der Waals surface area contributed by atoms with Gasteiger partial charge < -0.3 is 19.5 Å². The van der Waals surface area contributed by atoms with Crippen molar-refractivity contribution in [3.8, 4) is 11.4 Å². The van der Waals surface area contributed by atoms with Gasteiger partial charge in [-0.2, -0.15) is 0 Å². The molecule has 8 nitrogen and oxygen atoms in total. The van der Waals surface area contributed by atoms with Crippen LogP contribution >= 0.6 is 0 Å². The molecule has 1 saturated heterocycles. The number of fused-ring (bicyclic) bond motifs is 1. The number of nitrogens with zero attached hydrogens (tertiary/aromatic N) is 4. The highest BCUT2D eigenvalue weighted by Gasteiger charge is 2.29. The van der Waals surface area contributed by atoms with Gasteiger partial charge in [-0.1, -0.05) is 6.07 Å². The molecule has 42 heavy (non-hydrogen) atoms. The summed E-state index contributed by atoms with van der Waals surface area (Å²) < 4.78 is 21.9. The van der Waals surface area contributed by atoms with Gasteiger partial charge in [-0.15, -0.1) is 0 Å². The number of methoxy groups -OCH3 is 1. The van der Waals surface area contributed by atoms with Gasteiger partial charge >= 0.3 is 0 Å². The maximum atomic E-state index is 14.6. The maximum absolute atomic E-state index is 14.6. The lowest BCUT2D eigenvalue weighted by Crippen LogP contribution is -2.42. The van der Waals surface area contributed by atoms with E-state index < -0.39 is 5.82 Å². The molecule has 1 unspecified atom stereocenters. The summed E-state index contributed by atoms with van der Waals surface area (Å²) >= 11 is 0. The zero-order valence-electron chi connectivity index (χ0n) is 24.8. The molecule has 1 atom stereocenters. The monoisotopic (exact) mass is 571 g/mol. The van der Waals surface area contributed by atoms with Gasteiger partial charge in [0.15, 0.2) is 0 Å². The van der Waals surface area contributed by atoms with Crippen molar-refractivity contribution >= 4 is 28.9 Å². The first kappa shape index (κ1) is 29.3. The number of halogens is 1. The van der Waals surface area contributed by atoms with E-state index in [1.165, 1.54) is 17.7 Å². The van der Waals surface area contributed by atoms with Gasteiger partial charge in [-0.05, 0) is 94.1 Å². The first-order valence-electron chi connectivity index (χ1n) is 14.4. The number of ether oxygens (including phenoxy) is 1. The number of amides is 2. The molecule has 0 spiro atoms. The molecule has 1 N–H and O–H groups in total. The number of carbonyl (C=O) groups excluding carboxylic acids is 2. The first-order valence-corrected chi connectivity index (χ1v) is 14.4. The third-order valence-corrected chi connectivity index (χ3v) is 8.03. The van der Waals surface area contributed by atoms with E-state index in [0.29, 0.717) is 29.1 Å². The molecule has 4 aromatic rings. The largest absolute Gasteiger partial charge is 0.495 e. The minimum Gasteiger partial charge on any atom is -0.495 e. The van der Waals surface area contributed by atoms with Gasteiger partial charge in [0.25, 0.3) is 5.91 Å². The van der Waals surface area contributed by atoms with E-state index in [0.717, 1.165) is 42.5 Å². The van der Waals surface area contributed by atoms with Crippen molar-refractivity contribution in [2.24, 2.45) is 0 Å². The fourth-order valence-electron chi connectivity index (χ4n) is 6.24. The third kappa shape index (κ3) is 5.74. The zero-order chi connectivity index (χ0) is 30.0. The fourth-order valence-corrected chi connectivity index (χ4v) is 6.24. The zero-order valence-corrected chi connectivity index (χ0v) is 24.8. The molecule has 0 aliphatic carbocycles. The molecule has 1 aliphatic rings. The number of benzene rings is 2. The Morgan fingerprint density at radius 2 is 1.95 bits per heavy atom. The smallest absolute Gasteiger partial charge is 0.256 e. The Morgan fingerprint density at radius 1 is 1.17 bits per heavy atom. The van der Waals surface area contributed by atoms with Crippen LogP contribution in [-0.2, 0) is 11.3 Å². The maximum Gasteiger partial charge on any atom is 0.256 e. The number of pyridine rings is 1. The van der Waals surface area contributed by atoms with Crippen LogP contribution in [0.25, 0.3) is 16.6 Å². The van der Waals surface area contributed by atoms with Gasteiger partial charge in [0, 0.05) is 43.0 Å². The molecule has 2 aromatic heterocycles. The minimum atomic E-state index is -0.444. The van der Waals surface area contributed by atoms with Crippen LogP contribution in [-0.4, -0.2) is 64.0 Å². The molecular weight excluding hydrogens is 533 g/mol. The quantitative estimate of drug-likeness (QED) is 0.237. The molecule has 220 valence electrons. The summed E-state index contributed by atoms with van der Waals surface area (Å²) in [7, 11) is 1.58. The highest BCUT2D eigenvalue weighted by Crippen LogP contribution is 2.37. The number of rotatable bonds is 10. The number of carbonyl (C=O) groups is 2. The number of hydrogen-bond acceptors (Lipinski definition) is 5. The van der Waals surface area contributed by atoms with Crippen molar-refractivity contribution in [3.05, 3.63) is 83.6 Å². The predicted molar refractivity (Wildman–Crippen MR) is 163 cm³/mol. The lowest BCUT2D eigenvalue weighted by Gasteiger charge is -2.31. The second-order valence-electron chi connectivity index (χ2n) is 11.4. The molecular formula is C33H38FN5O3. The van der Waals surface area contributed by atoms with E-state index in [-0.39, 0.29) is 23.9 Å².